The average molecular weight is 250 g/mol. The summed E-state index contributed by atoms with van der Waals surface area (Å²) in [6.45, 7) is 9.04. The Morgan fingerprint density at radius 1 is 1.50 bits per heavy atom. The van der Waals surface area contributed by atoms with E-state index in [0.717, 1.165) is 12.2 Å². The van der Waals surface area contributed by atoms with Gasteiger partial charge in [-0.1, -0.05) is 0 Å². The molecule has 1 aromatic heterocycles. The molecule has 1 amide bonds. The van der Waals surface area contributed by atoms with Gasteiger partial charge in [-0.3, -0.25) is 4.79 Å². The second kappa shape index (κ2) is 4.39. The number of nitrogens with two attached hydrogens (primary N) is 1. The van der Waals surface area contributed by atoms with Gasteiger partial charge in [0.2, 0.25) is 5.91 Å². The average Bonchev–Trinajstić information content (AvgIpc) is 2.80. The minimum absolute atomic E-state index is 0.0695. The van der Waals surface area contributed by atoms with Crippen molar-refractivity contribution >= 4 is 5.91 Å². The first-order valence-electron chi connectivity index (χ1n) is 6.44. The standard InChI is InChI=1S/C13H22N4O/c1-5-16-8-15-7-10(16)12-9(14)6-11(18)17(12)13(2,3)4/h7-9,12H,5-6,14H2,1-4H3. The Morgan fingerprint density at radius 3 is 2.72 bits per heavy atom. The molecule has 1 saturated heterocycles. The highest BCUT2D eigenvalue weighted by Crippen LogP contribution is 2.37. The summed E-state index contributed by atoms with van der Waals surface area (Å²) >= 11 is 0. The van der Waals surface area contributed by atoms with Gasteiger partial charge in [0.25, 0.3) is 0 Å². The summed E-state index contributed by atoms with van der Waals surface area (Å²) in [4.78, 5) is 18.2. The SMILES string of the molecule is CCn1cncc1C1C(N)CC(=O)N1C(C)(C)C. The van der Waals surface area contributed by atoms with E-state index in [4.69, 9.17) is 5.73 Å². The molecule has 18 heavy (non-hydrogen) atoms. The molecule has 1 aliphatic heterocycles. The molecule has 2 unspecified atom stereocenters. The van der Waals surface area contributed by atoms with E-state index >= 15 is 0 Å². The normalized spacial score (nSPS) is 24.9. The van der Waals surface area contributed by atoms with Crippen LogP contribution in [0.25, 0.3) is 0 Å². The van der Waals surface area contributed by atoms with Crippen LogP contribution in [0.5, 0.6) is 0 Å². The number of imidazole rings is 1. The Labute approximate surface area is 108 Å². The number of aryl methyl sites for hydroxylation is 1. The summed E-state index contributed by atoms with van der Waals surface area (Å²) in [6, 6.07) is -0.223. The van der Waals surface area contributed by atoms with Crippen LogP contribution in [0.1, 0.15) is 45.9 Å². The van der Waals surface area contributed by atoms with Crippen LogP contribution in [-0.2, 0) is 11.3 Å². The van der Waals surface area contributed by atoms with Crippen molar-refractivity contribution in [2.45, 2.75) is 58.3 Å². The molecular weight excluding hydrogens is 228 g/mol. The third-order valence-electron chi connectivity index (χ3n) is 3.47. The lowest BCUT2D eigenvalue weighted by molar-refractivity contribution is -0.133. The van der Waals surface area contributed by atoms with E-state index in [9.17, 15) is 4.79 Å². The number of carbonyl (C=O) groups is 1. The van der Waals surface area contributed by atoms with Crippen LogP contribution >= 0.6 is 0 Å². The smallest absolute Gasteiger partial charge is 0.225 e. The summed E-state index contributed by atoms with van der Waals surface area (Å²) in [5.74, 6) is 0.129. The summed E-state index contributed by atoms with van der Waals surface area (Å²) < 4.78 is 2.06. The highest BCUT2D eigenvalue weighted by atomic mass is 16.2. The zero-order valence-electron chi connectivity index (χ0n) is 11.6. The molecule has 2 atom stereocenters. The fourth-order valence-corrected chi connectivity index (χ4v) is 2.74. The molecule has 100 valence electrons. The van der Waals surface area contributed by atoms with Gasteiger partial charge in [-0.05, 0) is 27.7 Å². The van der Waals surface area contributed by atoms with E-state index in [1.165, 1.54) is 0 Å². The maximum atomic E-state index is 12.2. The number of carbonyl (C=O) groups excluding carboxylic acids is 1. The second-order valence-electron chi connectivity index (χ2n) is 5.85. The molecular formula is C13H22N4O. The van der Waals surface area contributed by atoms with Crippen molar-refractivity contribution < 1.29 is 4.79 Å². The highest BCUT2D eigenvalue weighted by Gasteiger charge is 2.45. The van der Waals surface area contributed by atoms with Crippen LogP contribution in [-0.4, -0.2) is 31.9 Å². The molecule has 0 aromatic carbocycles. The fraction of sp³-hybridized carbons (Fsp3) is 0.692. The minimum Gasteiger partial charge on any atom is -0.333 e. The zero-order valence-corrected chi connectivity index (χ0v) is 11.6. The van der Waals surface area contributed by atoms with Gasteiger partial charge in [0, 0.05) is 24.5 Å². The number of aromatic nitrogens is 2. The minimum atomic E-state index is -0.224. The van der Waals surface area contributed by atoms with Gasteiger partial charge in [0.05, 0.1) is 24.3 Å². The number of hydrogen-bond donors (Lipinski definition) is 1. The second-order valence-corrected chi connectivity index (χ2v) is 5.85. The highest BCUT2D eigenvalue weighted by molar-refractivity contribution is 5.81. The summed E-state index contributed by atoms with van der Waals surface area (Å²) in [7, 11) is 0. The monoisotopic (exact) mass is 250 g/mol. The number of amides is 1. The molecule has 0 saturated carbocycles. The molecule has 2 heterocycles. The molecule has 0 bridgehead atoms. The molecule has 2 rings (SSSR count). The van der Waals surface area contributed by atoms with E-state index < -0.39 is 0 Å². The summed E-state index contributed by atoms with van der Waals surface area (Å²) in [5.41, 5.74) is 6.98. The Balaban J connectivity index is 2.43. The van der Waals surface area contributed by atoms with Crippen LogP contribution in [0.3, 0.4) is 0 Å². The van der Waals surface area contributed by atoms with Crippen LogP contribution < -0.4 is 5.73 Å². The van der Waals surface area contributed by atoms with E-state index in [1.54, 1.807) is 6.33 Å². The van der Waals surface area contributed by atoms with Gasteiger partial charge in [0.15, 0.2) is 0 Å². The third-order valence-corrected chi connectivity index (χ3v) is 3.47. The Kier molecular flexibility index (Phi) is 3.19. The van der Waals surface area contributed by atoms with Crippen LogP contribution in [0.15, 0.2) is 12.5 Å². The van der Waals surface area contributed by atoms with Crippen molar-refractivity contribution in [1.29, 1.82) is 0 Å². The van der Waals surface area contributed by atoms with E-state index in [0.29, 0.717) is 6.42 Å². The molecule has 2 N–H and O–H groups in total. The zero-order chi connectivity index (χ0) is 13.5. The number of nitrogens with zero attached hydrogens (tertiary/aromatic N) is 3. The lowest BCUT2D eigenvalue weighted by atomic mass is 10.0. The predicted octanol–water partition coefficient (Wildman–Crippen LogP) is 1.30. The van der Waals surface area contributed by atoms with E-state index in [1.807, 2.05) is 31.9 Å². The van der Waals surface area contributed by atoms with Gasteiger partial charge in [0.1, 0.15) is 0 Å². The fourth-order valence-electron chi connectivity index (χ4n) is 2.74. The molecule has 5 heteroatoms. The molecule has 1 aliphatic rings. The topological polar surface area (TPSA) is 64.2 Å². The van der Waals surface area contributed by atoms with Crippen LogP contribution in [0.2, 0.25) is 0 Å². The first-order valence-corrected chi connectivity index (χ1v) is 6.44. The van der Waals surface area contributed by atoms with Crippen molar-refractivity contribution in [3.8, 4) is 0 Å². The third kappa shape index (κ3) is 2.03. The molecule has 0 aliphatic carbocycles. The number of rotatable bonds is 2. The largest absolute Gasteiger partial charge is 0.333 e. The van der Waals surface area contributed by atoms with Gasteiger partial charge < -0.3 is 15.2 Å². The molecule has 1 fully saturated rings. The molecule has 5 nitrogen and oxygen atoms in total. The van der Waals surface area contributed by atoms with Crippen LogP contribution in [0.4, 0.5) is 0 Å². The van der Waals surface area contributed by atoms with Gasteiger partial charge in [-0.15, -0.1) is 0 Å². The maximum absolute atomic E-state index is 12.2. The van der Waals surface area contributed by atoms with Gasteiger partial charge >= 0.3 is 0 Å². The van der Waals surface area contributed by atoms with Crippen molar-refractivity contribution in [2.24, 2.45) is 5.73 Å². The predicted molar refractivity (Wildman–Crippen MR) is 69.8 cm³/mol. The van der Waals surface area contributed by atoms with E-state index in [2.05, 4.69) is 16.5 Å². The Hall–Kier alpha value is -1.36. The first kappa shape index (κ1) is 13.1. The quantitative estimate of drug-likeness (QED) is 0.860. The first-order chi connectivity index (χ1) is 8.36. The summed E-state index contributed by atoms with van der Waals surface area (Å²) in [5, 5.41) is 0. The maximum Gasteiger partial charge on any atom is 0.225 e. The van der Waals surface area contributed by atoms with Crippen molar-refractivity contribution in [2.75, 3.05) is 0 Å². The van der Waals surface area contributed by atoms with E-state index in [-0.39, 0.29) is 23.5 Å². The molecule has 0 spiro atoms. The Morgan fingerprint density at radius 2 is 2.17 bits per heavy atom. The lowest BCUT2D eigenvalue weighted by Gasteiger charge is -2.38. The number of hydrogen-bond acceptors (Lipinski definition) is 3. The van der Waals surface area contributed by atoms with Crippen LogP contribution in [0, 0.1) is 0 Å². The lowest BCUT2D eigenvalue weighted by Crippen LogP contribution is -2.46. The molecule has 0 radical (unpaired) electrons. The summed E-state index contributed by atoms with van der Waals surface area (Å²) in [6.07, 6.45) is 4.04. The number of likely N-dealkylation sites (tertiary alicyclic amines) is 1. The van der Waals surface area contributed by atoms with Crippen molar-refractivity contribution in [3.05, 3.63) is 18.2 Å². The molecule has 1 aromatic rings. The van der Waals surface area contributed by atoms with Gasteiger partial charge in [-0.2, -0.15) is 0 Å². The van der Waals surface area contributed by atoms with Crippen molar-refractivity contribution in [3.63, 3.8) is 0 Å². The Bertz CT molecular complexity index is 446. The van der Waals surface area contributed by atoms with Crippen molar-refractivity contribution in [1.82, 2.24) is 14.5 Å². The van der Waals surface area contributed by atoms with Gasteiger partial charge in [-0.25, -0.2) is 4.98 Å².